The number of likely N-dealkylation sites (N-methyl/N-ethyl adjacent to an activating group) is 1. The summed E-state index contributed by atoms with van der Waals surface area (Å²) in [5.41, 5.74) is 1.10. The molecule has 1 atom stereocenters. The van der Waals surface area contributed by atoms with Crippen LogP contribution in [0.25, 0.3) is 0 Å². The topological polar surface area (TPSA) is 102 Å². The number of nitrogens with one attached hydrogen (secondary N) is 2. The van der Waals surface area contributed by atoms with Gasteiger partial charge in [0.25, 0.3) is 0 Å². The molecule has 2 aliphatic heterocycles. The molecule has 1 aromatic carbocycles. The van der Waals surface area contributed by atoms with Gasteiger partial charge in [-0.2, -0.15) is 0 Å². The van der Waals surface area contributed by atoms with E-state index in [9.17, 15) is 19.2 Å². The lowest BCUT2D eigenvalue weighted by atomic mass is 10.1. The summed E-state index contributed by atoms with van der Waals surface area (Å²) in [5, 5.41) is 5.50. The summed E-state index contributed by atoms with van der Waals surface area (Å²) in [6.07, 6.45) is -0.115. The van der Waals surface area contributed by atoms with Gasteiger partial charge in [-0.25, -0.2) is 0 Å². The molecule has 0 aromatic heterocycles. The van der Waals surface area contributed by atoms with E-state index in [1.165, 1.54) is 11.8 Å². The minimum absolute atomic E-state index is 0.0537. The average Bonchev–Trinajstić information content (AvgIpc) is 2.76. The summed E-state index contributed by atoms with van der Waals surface area (Å²) in [4.78, 5) is 55.3. The zero-order valence-electron chi connectivity index (χ0n) is 18.2. The summed E-state index contributed by atoms with van der Waals surface area (Å²) in [6, 6.07) is 5.75. The standard InChI is InChI=1S/C22H31N5O4/c1-3-25-10-12-26(13-11-25)15-21(30)27-9-8-23-22(31)19(27)14-20(29)24-18-6-4-17(5-7-18)16(2)28/h4-7,19H,3,8-15H2,1-2H3,(H,23,31)(H,24,29). The highest BCUT2D eigenvalue weighted by molar-refractivity contribution is 5.98. The first-order chi connectivity index (χ1) is 14.9. The zero-order valence-corrected chi connectivity index (χ0v) is 18.2. The van der Waals surface area contributed by atoms with Crippen molar-refractivity contribution in [2.24, 2.45) is 0 Å². The Morgan fingerprint density at radius 3 is 2.29 bits per heavy atom. The summed E-state index contributed by atoms with van der Waals surface area (Å²) in [7, 11) is 0. The molecule has 2 heterocycles. The molecule has 1 aromatic rings. The Bertz CT molecular complexity index is 818. The summed E-state index contributed by atoms with van der Waals surface area (Å²) >= 11 is 0. The number of benzene rings is 1. The fourth-order valence-corrected chi connectivity index (χ4v) is 3.94. The molecule has 9 heteroatoms. The highest BCUT2D eigenvalue weighted by Crippen LogP contribution is 2.14. The molecular formula is C22H31N5O4. The first-order valence-electron chi connectivity index (χ1n) is 10.8. The molecule has 3 rings (SSSR count). The van der Waals surface area contributed by atoms with Crippen LogP contribution in [0.5, 0.6) is 0 Å². The van der Waals surface area contributed by atoms with E-state index in [1.54, 1.807) is 24.3 Å². The Hall–Kier alpha value is -2.78. The Labute approximate surface area is 182 Å². The first-order valence-corrected chi connectivity index (χ1v) is 10.8. The number of hydrogen-bond acceptors (Lipinski definition) is 6. The van der Waals surface area contributed by atoms with Crippen LogP contribution in [0.4, 0.5) is 5.69 Å². The number of amides is 3. The first kappa shape index (κ1) is 22.9. The van der Waals surface area contributed by atoms with Gasteiger partial charge in [-0.15, -0.1) is 0 Å². The molecule has 0 aliphatic carbocycles. The molecule has 31 heavy (non-hydrogen) atoms. The minimum atomic E-state index is -0.824. The van der Waals surface area contributed by atoms with Crippen molar-refractivity contribution in [3.8, 4) is 0 Å². The number of Topliss-reactive ketones (excluding diaryl/α,β-unsaturated/α-hetero) is 1. The summed E-state index contributed by atoms with van der Waals surface area (Å²) < 4.78 is 0. The quantitative estimate of drug-likeness (QED) is 0.600. The lowest BCUT2D eigenvalue weighted by Crippen LogP contribution is -2.60. The van der Waals surface area contributed by atoms with Crippen LogP contribution in [0.3, 0.4) is 0 Å². The van der Waals surface area contributed by atoms with Gasteiger partial charge in [0.2, 0.25) is 17.7 Å². The van der Waals surface area contributed by atoms with Crippen molar-refractivity contribution in [2.75, 3.05) is 57.7 Å². The van der Waals surface area contributed by atoms with Crippen LogP contribution in [0.15, 0.2) is 24.3 Å². The van der Waals surface area contributed by atoms with Crippen LogP contribution in [0, 0.1) is 0 Å². The number of nitrogens with zero attached hydrogens (tertiary/aromatic N) is 3. The van der Waals surface area contributed by atoms with Crippen LogP contribution in [0.1, 0.15) is 30.6 Å². The van der Waals surface area contributed by atoms with E-state index in [-0.39, 0.29) is 36.5 Å². The van der Waals surface area contributed by atoms with Crippen LogP contribution < -0.4 is 10.6 Å². The van der Waals surface area contributed by atoms with Gasteiger partial charge < -0.3 is 20.4 Å². The van der Waals surface area contributed by atoms with Crippen LogP contribution in [-0.4, -0.2) is 96.6 Å². The Morgan fingerprint density at radius 1 is 1.03 bits per heavy atom. The predicted octanol–water partition coefficient (Wildman–Crippen LogP) is 0.182. The zero-order chi connectivity index (χ0) is 22.4. The molecule has 0 radical (unpaired) electrons. The van der Waals surface area contributed by atoms with Crippen LogP contribution >= 0.6 is 0 Å². The van der Waals surface area contributed by atoms with Gasteiger partial charge in [0.05, 0.1) is 13.0 Å². The summed E-state index contributed by atoms with van der Waals surface area (Å²) in [6.45, 7) is 9.14. The van der Waals surface area contributed by atoms with Gasteiger partial charge in [-0.1, -0.05) is 6.92 Å². The second-order valence-corrected chi connectivity index (χ2v) is 7.99. The SMILES string of the molecule is CCN1CCN(CC(=O)N2CCNC(=O)C2CC(=O)Nc2ccc(C(C)=O)cc2)CC1. The van der Waals surface area contributed by atoms with E-state index < -0.39 is 6.04 Å². The molecular weight excluding hydrogens is 398 g/mol. The van der Waals surface area contributed by atoms with Gasteiger partial charge in [0, 0.05) is 50.5 Å². The fourth-order valence-electron chi connectivity index (χ4n) is 3.94. The third-order valence-electron chi connectivity index (χ3n) is 5.88. The molecule has 2 aliphatic rings. The maximum Gasteiger partial charge on any atom is 0.243 e. The Morgan fingerprint density at radius 2 is 1.68 bits per heavy atom. The van der Waals surface area contributed by atoms with Crippen molar-refractivity contribution in [3.05, 3.63) is 29.8 Å². The van der Waals surface area contributed by atoms with Crippen molar-refractivity contribution in [1.29, 1.82) is 0 Å². The highest BCUT2D eigenvalue weighted by Gasteiger charge is 2.35. The molecule has 0 saturated carbocycles. The van der Waals surface area contributed by atoms with Gasteiger partial charge in [-0.3, -0.25) is 24.1 Å². The molecule has 2 saturated heterocycles. The van der Waals surface area contributed by atoms with Crippen molar-refractivity contribution >= 4 is 29.2 Å². The predicted molar refractivity (Wildman–Crippen MR) is 117 cm³/mol. The smallest absolute Gasteiger partial charge is 0.243 e. The number of piperazine rings is 2. The molecule has 2 N–H and O–H groups in total. The molecule has 0 bridgehead atoms. The molecule has 9 nitrogen and oxygen atoms in total. The molecule has 3 amide bonds. The number of anilines is 1. The monoisotopic (exact) mass is 429 g/mol. The number of carbonyl (C=O) groups excluding carboxylic acids is 4. The van der Waals surface area contributed by atoms with E-state index in [1.807, 2.05) is 0 Å². The van der Waals surface area contributed by atoms with Gasteiger partial charge >= 0.3 is 0 Å². The lowest BCUT2D eigenvalue weighted by Gasteiger charge is -2.38. The largest absolute Gasteiger partial charge is 0.353 e. The van der Waals surface area contributed by atoms with Crippen LogP contribution in [0.2, 0.25) is 0 Å². The number of ketones is 1. The van der Waals surface area contributed by atoms with E-state index >= 15 is 0 Å². The van der Waals surface area contributed by atoms with E-state index in [4.69, 9.17) is 0 Å². The number of rotatable bonds is 7. The maximum absolute atomic E-state index is 12.9. The average molecular weight is 430 g/mol. The third-order valence-corrected chi connectivity index (χ3v) is 5.88. The van der Waals surface area contributed by atoms with E-state index in [0.717, 1.165) is 32.7 Å². The van der Waals surface area contributed by atoms with Gasteiger partial charge in [-0.05, 0) is 37.7 Å². The second kappa shape index (κ2) is 10.5. The second-order valence-electron chi connectivity index (χ2n) is 7.99. The van der Waals surface area contributed by atoms with Crippen molar-refractivity contribution in [1.82, 2.24) is 20.0 Å². The van der Waals surface area contributed by atoms with E-state index in [0.29, 0.717) is 24.3 Å². The van der Waals surface area contributed by atoms with Crippen LogP contribution in [-0.2, 0) is 14.4 Å². The maximum atomic E-state index is 12.9. The lowest BCUT2D eigenvalue weighted by molar-refractivity contribution is -0.145. The van der Waals surface area contributed by atoms with E-state index in [2.05, 4.69) is 27.4 Å². The minimum Gasteiger partial charge on any atom is -0.353 e. The third kappa shape index (κ3) is 6.11. The Kier molecular flexibility index (Phi) is 7.75. The summed E-state index contributed by atoms with van der Waals surface area (Å²) in [5.74, 6) is -0.838. The molecule has 2 fully saturated rings. The van der Waals surface area contributed by atoms with Crippen molar-refractivity contribution in [2.45, 2.75) is 26.3 Å². The van der Waals surface area contributed by atoms with Gasteiger partial charge in [0.15, 0.2) is 5.78 Å². The fraction of sp³-hybridized carbons (Fsp3) is 0.545. The normalized spacial score (nSPS) is 20.3. The number of carbonyl (C=O) groups is 4. The van der Waals surface area contributed by atoms with Gasteiger partial charge in [0.1, 0.15) is 6.04 Å². The van der Waals surface area contributed by atoms with Crippen molar-refractivity contribution < 1.29 is 19.2 Å². The Balaban J connectivity index is 1.58. The highest BCUT2D eigenvalue weighted by atomic mass is 16.2. The number of hydrogen-bond donors (Lipinski definition) is 2. The van der Waals surface area contributed by atoms with Crippen molar-refractivity contribution in [3.63, 3.8) is 0 Å². The molecule has 168 valence electrons. The molecule has 1 unspecified atom stereocenters. The molecule has 0 spiro atoms.